The second kappa shape index (κ2) is 5.92. The lowest BCUT2D eigenvalue weighted by atomic mass is 9.96. The Bertz CT molecular complexity index is 211. The first-order valence-electron chi connectivity index (χ1n) is 5.33. The number of nitrogens with one attached hydrogen (secondary N) is 1. The molecule has 0 bridgehead atoms. The van der Waals surface area contributed by atoms with Gasteiger partial charge in [0.25, 0.3) is 0 Å². The third-order valence-electron chi connectivity index (χ3n) is 2.66. The van der Waals surface area contributed by atoms with Crippen molar-refractivity contribution in [2.45, 2.75) is 19.4 Å². The average molecular weight is 216 g/mol. The minimum absolute atomic E-state index is 0.132. The van der Waals surface area contributed by atoms with E-state index in [4.69, 9.17) is 5.11 Å². The third-order valence-corrected chi connectivity index (χ3v) is 2.66. The standard InChI is InChI=1S/C10H20N2O3/c1-8-5-9(11-10(14)15-2)7-12(6-8)3-4-13/h8-9,13H,3-7H2,1-2H3,(H,11,14). The summed E-state index contributed by atoms with van der Waals surface area (Å²) in [6.07, 6.45) is 0.592. The molecule has 0 saturated carbocycles. The molecule has 88 valence electrons. The van der Waals surface area contributed by atoms with E-state index in [-0.39, 0.29) is 18.7 Å². The molecular weight excluding hydrogens is 196 g/mol. The first-order chi connectivity index (χ1) is 7.15. The number of ether oxygens (including phenoxy) is 1. The van der Waals surface area contributed by atoms with Crippen molar-refractivity contribution in [3.05, 3.63) is 0 Å². The number of piperidine rings is 1. The average Bonchev–Trinajstić information content (AvgIpc) is 2.17. The number of amides is 1. The van der Waals surface area contributed by atoms with Crippen molar-refractivity contribution in [1.82, 2.24) is 10.2 Å². The van der Waals surface area contributed by atoms with Crippen LogP contribution in [-0.2, 0) is 4.74 Å². The fourth-order valence-corrected chi connectivity index (χ4v) is 2.12. The van der Waals surface area contributed by atoms with E-state index in [9.17, 15) is 4.79 Å². The molecule has 0 radical (unpaired) electrons. The Morgan fingerprint density at radius 3 is 2.93 bits per heavy atom. The van der Waals surface area contributed by atoms with Crippen molar-refractivity contribution in [2.75, 3.05) is 33.4 Å². The van der Waals surface area contributed by atoms with Crippen molar-refractivity contribution in [2.24, 2.45) is 5.92 Å². The highest BCUT2D eigenvalue weighted by molar-refractivity contribution is 5.67. The maximum absolute atomic E-state index is 11.0. The fourth-order valence-electron chi connectivity index (χ4n) is 2.12. The zero-order valence-electron chi connectivity index (χ0n) is 9.40. The van der Waals surface area contributed by atoms with Crippen LogP contribution in [0.1, 0.15) is 13.3 Å². The highest BCUT2D eigenvalue weighted by Gasteiger charge is 2.25. The highest BCUT2D eigenvalue weighted by atomic mass is 16.5. The van der Waals surface area contributed by atoms with Crippen LogP contribution in [0.15, 0.2) is 0 Å². The summed E-state index contributed by atoms with van der Waals surface area (Å²) < 4.78 is 4.57. The molecule has 0 aromatic heterocycles. The topological polar surface area (TPSA) is 61.8 Å². The number of methoxy groups -OCH3 is 1. The van der Waals surface area contributed by atoms with Crippen molar-refractivity contribution >= 4 is 6.09 Å². The third kappa shape index (κ3) is 4.05. The van der Waals surface area contributed by atoms with Gasteiger partial charge in [-0.05, 0) is 12.3 Å². The molecule has 5 nitrogen and oxygen atoms in total. The second-order valence-electron chi connectivity index (χ2n) is 4.16. The van der Waals surface area contributed by atoms with Crippen LogP contribution in [0.5, 0.6) is 0 Å². The van der Waals surface area contributed by atoms with Crippen molar-refractivity contribution in [3.8, 4) is 0 Å². The number of β-amino-alcohol motifs (C(OH)–C–C–N with tert-alkyl or cyclic N) is 1. The van der Waals surface area contributed by atoms with Gasteiger partial charge in [-0.15, -0.1) is 0 Å². The molecule has 1 aliphatic heterocycles. The quantitative estimate of drug-likeness (QED) is 0.699. The van der Waals surface area contributed by atoms with E-state index in [1.165, 1.54) is 7.11 Å². The minimum atomic E-state index is -0.377. The number of aliphatic hydroxyl groups excluding tert-OH is 1. The second-order valence-corrected chi connectivity index (χ2v) is 4.16. The zero-order valence-corrected chi connectivity index (χ0v) is 9.40. The number of carbonyl (C=O) groups excluding carboxylic acids is 1. The van der Waals surface area contributed by atoms with Gasteiger partial charge in [0.05, 0.1) is 13.7 Å². The Morgan fingerprint density at radius 2 is 2.33 bits per heavy atom. The van der Waals surface area contributed by atoms with Crippen LogP contribution in [-0.4, -0.2) is 55.5 Å². The summed E-state index contributed by atoms with van der Waals surface area (Å²) >= 11 is 0. The summed E-state index contributed by atoms with van der Waals surface area (Å²) in [6, 6.07) is 0.132. The Morgan fingerprint density at radius 1 is 1.60 bits per heavy atom. The van der Waals surface area contributed by atoms with Gasteiger partial charge in [0.2, 0.25) is 0 Å². The number of carbonyl (C=O) groups is 1. The number of nitrogens with zero attached hydrogens (tertiary/aromatic N) is 1. The Hall–Kier alpha value is -0.810. The Labute approximate surface area is 90.4 Å². The molecule has 0 aromatic rings. The summed E-state index contributed by atoms with van der Waals surface area (Å²) in [5.74, 6) is 0.535. The van der Waals surface area contributed by atoms with E-state index in [0.29, 0.717) is 12.5 Å². The van der Waals surface area contributed by atoms with Gasteiger partial charge >= 0.3 is 6.09 Å². The van der Waals surface area contributed by atoms with E-state index in [1.54, 1.807) is 0 Å². The smallest absolute Gasteiger partial charge is 0.407 e. The molecule has 2 unspecified atom stereocenters. The first-order valence-corrected chi connectivity index (χ1v) is 5.33. The lowest BCUT2D eigenvalue weighted by Gasteiger charge is -2.36. The van der Waals surface area contributed by atoms with Crippen LogP contribution >= 0.6 is 0 Å². The molecule has 15 heavy (non-hydrogen) atoms. The lowest BCUT2D eigenvalue weighted by Crippen LogP contribution is -2.50. The van der Waals surface area contributed by atoms with Gasteiger partial charge in [-0.2, -0.15) is 0 Å². The van der Waals surface area contributed by atoms with Crippen molar-refractivity contribution in [1.29, 1.82) is 0 Å². The molecule has 2 N–H and O–H groups in total. The lowest BCUT2D eigenvalue weighted by molar-refractivity contribution is 0.113. The summed E-state index contributed by atoms with van der Waals surface area (Å²) in [4.78, 5) is 13.2. The number of aliphatic hydroxyl groups is 1. The highest BCUT2D eigenvalue weighted by Crippen LogP contribution is 2.15. The minimum Gasteiger partial charge on any atom is -0.453 e. The molecule has 1 rings (SSSR count). The monoisotopic (exact) mass is 216 g/mol. The van der Waals surface area contributed by atoms with E-state index in [1.807, 2.05) is 0 Å². The molecule has 0 aromatic carbocycles. The van der Waals surface area contributed by atoms with Crippen LogP contribution in [0.4, 0.5) is 4.79 Å². The molecule has 0 spiro atoms. The van der Waals surface area contributed by atoms with E-state index in [0.717, 1.165) is 19.5 Å². The summed E-state index contributed by atoms with van der Waals surface area (Å²) in [5, 5.41) is 11.7. The number of hydrogen-bond acceptors (Lipinski definition) is 4. The van der Waals surface area contributed by atoms with Gasteiger partial charge < -0.3 is 15.2 Å². The number of rotatable bonds is 3. The molecule has 1 saturated heterocycles. The van der Waals surface area contributed by atoms with Gasteiger partial charge in [0.15, 0.2) is 0 Å². The summed E-state index contributed by atoms with van der Waals surface area (Å²) in [7, 11) is 1.37. The number of hydrogen-bond donors (Lipinski definition) is 2. The normalized spacial score (nSPS) is 27.4. The maximum Gasteiger partial charge on any atom is 0.407 e. The zero-order chi connectivity index (χ0) is 11.3. The predicted molar refractivity (Wildman–Crippen MR) is 56.6 cm³/mol. The van der Waals surface area contributed by atoms with Crippen LogP contribution in [0.3, 0.4) is 0 Å². The van der Waals surface area contributed by atoms with E-state index >= 15 is 0 Å². The maximum atomic E-state index is 11.0. The van der Waals surface area contributed by atoms with E-state index < -0.39 is 0 Å². The van der Waals surface area contributed by atoms with Crippen LogP contribution < -0.4 is 5.32 Å². The Kier molecular flexibility index (Phi) is 4.84. The van der Waals surface area contributed by atoms with Crippen molar-refractivity contribution in [3.63, 3.8) is 0 Å². The number of alkyl carbamates (subject to hydrolysis) is 1. The summed E-state index contributed by atoms with van der Waals surface area (Å²) in [5.41, 5.74) is 0. The molecule has 1 fully saturated rings. The molecule has 1 aliphatic rings. The first kappa shape index (κ1) is 12.3. The number of likely N-dealkylation sites (tertiary alicyclic amines) is 1. The van der Waals surface area contributed by atoms with Crippen LogP contribution in [0.25, 0.3) is 0 Å². The van der Waals surface area contributed by atoms with Gasteiger partial charge in [0, 0.05) is 25.7 Å². The molecule has 1 heterocycles. The molecule has 1 amide bonds. The largest absolute Gasteiger partial charge is 0.453 e. The van der Waals surface area contributed by atoms with E-state index in [2.05, 4.69) is 21.9 Å². The van der Waals surface area contributed by atoms with Gasteiger partial charge in [-0.1, -0.05) is 6.92 Å². The predicted octanol–water partition coefficient (Wildman–Crippen LogP) is 0.0451. The molecule has 5 heteroatoms. The van der Waals surface area contributed by atoms with Gasteiger partial charge in [-0.25, -0.2) is 4.79 Å². The fraction of sp³-hybridized carbons (Fsp3) is 0.900. The molecular formula is C10H20N2O3. The van der Waals surface area contributed by atoms with Crippen molar-refractivity contribution < 1.29 is 14.6 Å². The Balaban J connectivity index is 2.40. The SMILES string of the molecule is COC(=O)NC1CC(C)CN(CCO)C1. The van der Waals surface area contributed by atoms with Gasteiger partial charge in [-0.3, -0.25) is 4.90 Å². The molecule has 0 aliphatic carbocycles. The van der Waals surface area contributed by atoms with Crippen LogP contribution in [0.2, 0.25) is 0 Å². The van der Waals surface area contributed by atoms with Crippen LogP contribution in [0, 0.1) is 5.92 Å². The van der Waals surface area contributed by atoms with Gasteiger partial charge in [0.1, 0.15) is 0 Å². The molecule has 2 atom stereocenters. The summed E-state index contributed by atoms with van der Waals surface area (Å²) in [6.45, 7) is 4.76.